The number of nitrogens with one attached hydrogen (secondary N) is 1. The predicted molar refractivity (Wildman–Crippen MR) is 68.3 cm³/mol. The lowest BCUT2D eigenvalue weighted by Crippen LogP contribution is -2.20. The summed E-state index contributed by atoms with van der Waals surface area (Å²) in [4.78, 5) is 0. The molecule has 0 radical (unpaired) electrons. The van der Waals surface area contributed by atoms with Crippen LogP contribution in [-0.2, 0) is 0 Å². The van der Waals surface area contributed by atoms with Gasteiger partial charge in [-0.15, -0.1) is 5.10 Å². The Hall–Kier alpha value is -1.68. The molecule has 0 spiro atoms. The van der Waals surface area contributed by atoms with Crippen molar-refractivity contribution < 1.29 is 4.74 Å². The second kappa shape index (κ2) is 5.59. The summed E-state index contributed by atoms with van der Waals surface area (Å²) in [6, 6.07) is 8.04. The Balaban J connectivity index is 2.20. The van der Waals surface area contributed by atoms with Crippen molar-refractivity contribution in [2.75, 3.05) is 19.7 Å². The third kappa shape index (κ3) is 2.71. The molecule has 0 saturated carbocycles. The molecule has 2 aromatic rings. The van der Waals surface area contributed by atoms with Crippen molar-refractivity contribution in [2.45, 2.75) is 13.8 Å². The minimum atomic E-state index is 0.607. The first-order chi connectivity index (χ1) is 8.33. The van der Waals surface area contributed by atoms with Gasteiger partial charge in [0.2, 0.25) is 5.88 Å². The summed E-state index contributed by atoms with van der Waals surface area (Å²) < 4.78 is 5.64. The van der Waals surface area contributed by atoms with Crippen molar-refractivity contribution in [3.63, 3.8) is 0 Å². The quantitative estimate of drug-likeness (QED) is 0.799. The van der Waals surface area contributed by atoms with Gasteiger partial charge in [0.15, 0.2) is 0 Å². The Kier molecular flexibility index (Phi) is 3.88. The highest BCUT2D eigenvalue weighted by atomic mass is 16.5. The van der Waals surface area contributed by atoms with Crippen LogP contribution in [-0.4, -0.2) is 29.9 Å². The topological polar surface area (TPSA) is 47.0 Å². The van der Waals surface area contributed by atoms with Gasteiger partial charge < -0.3 is 10.1 Å². The third-order valence-corrected chi connectivity index (χ3v) is 2.61. The Morgan fingerprint density at radius 1 is 1.18 bits per heavy atom. The number of ether oxygens (including phenoxy) is 1. The number of fused-ring (bicyclic) bond motifs is 1. The van der Waals surface area contributed by atoms with Gasteiger partial charge in [-0.3, -0.25) is 0 Å². The second-order valence-corrected chi connectivity index (χ2v) is 3.84. The first kappa shape index (κ1) is 11.8. The van der Waals surface area contributed by atoms with Gasteiger partial charge in [-0.1, -0.05) is 25.1 Å². The molecule has 1 N–H and O–H groups in total. The van der Waals surface area contributed by atoms with Gasteiger partial charge in [0.05, 0.1) is 5.69 Å². The molecular weight excluding hydrogens is 214 g/mol. The van der Waals surface area contributed by atoms with E-state index in [0.717, 1.165) is 29.6 Å². The van der Waals surface area contributed by atoms with E-state index in [-0.39, 0.29) is 0 Å². The maximum Gasteiger partial charge on any atom is 0.241 e. The first-order valence-corrected chi connectivity index (χ1v) is 5.88. The van der Waals surface area contributed by atoms with E-state index < -0.39 is 0 Å². The van der Waals surface area contributed by atoms with Gasteiger partial charge in [-0.25, -0.2) is 0 Å². The lowest BCUT2D eigenvalue weighted by atomic mass is 10.1. The summed E-state index contributed by atoms with van der Waals surface area (Å²) in [5.41, 5.74) is 0.930. The van der Waals surface area contributed by atoms with Gasteiger partial charge in [0, 0.05) is 17.3 Å². The minimum Gasteiger partial charge on any atom is -0.475 e. The molecule has 4 heteroatoms. The van der Waals surface area contributed by atoms with Crippen LogP contribution in [0.2, 0.25) is 0 Å². The van der Waals surface area contributed by atoms with Crippen molar-refractivity contribution in [2.24, 2.45) is 0 Å². The standard InChI is InChI=1S/C13H17N3O/c1-3-14-8-9-17-13-12-7-5-4-6-11(12)10(2)15-16-13/h4-7,14H,3,8-9H2,1-2H3. The van der Waals surface area contributed by atoms with Crippen molar-refractivity contribution >= 4 is 10.8 Å². The summed E-state index contributed by atoms with van der Waals surface area (Å²) in [6.45, 7) is 6.40. The molecule has 4 nitrogen and oxygen atoms in total. The molecule has 0 atom stereocenters. The third-order valence-electron chi connectivity index (χ3n) is 2.61. The largest absolute Gasteiger partial charge is 0.475 e. The van der Waals surface area contributed by atoms with Crippen LogP contribution in [0.25, 0.3) is 10.8 Å². The second-order valence-electron chi connectivity index (χ2n) is 3.84. The summed E-state index contributed by atoms with van der Waals surface area (Å²) >= 11 is 0. The van der Waals surface area contributed by atoms with E-state index in [4.69, 9.17) is 4.74 Å². The highest BCUT2D eigenvalue weighted by molar-refractivity contribution is 5.88. The molecule has 0 unspecified atom stereocenters. The number of benzene rings is 1. The number of nitrogens with zero attached hydrogens (tertiary/aromatic N) is 2. The Bertz CT molecular complexity index is 499. The zero-order valence-electron chi connectivity index (χ0n) is 10.2. The maximum absolute atomic E-state index is 5.64. The lowest BCUT2D eigenvalue weighted by Gasteiger charge is -2.08. The SMILES string of the molecule is CCNCCOc1nnc(C)c2ccccc12. The van der Waals surface area contributed by atoms with Crippen LogP contribution < -0.4 is 10.1 Å². The van der Waals surface area contributed by atoms with E-state index in [2.05, 4.69) is 22.4 Å². The average Bonchev–Trinajstić information content (AvgIpc) is 2.37. The fourth-order valence-electron chi connectivity index (χ4n) is 1.72. The van der Waals surface area contributed by atoms with E-state index >= 15 is 0 Å². The minimum absolute atomic E-state index is 0.607. The van der Waals surface area contributed by atoms with Crippen LogP contribution in [0.3, 0.4) is 0 Å². The lowest BCUT2D eigenvalue weighted by molar-refractivity contribution is 0.304. The Labute approximate surface area is 101 Å². The van der Waals surface area contributed by atoms with Gasteiger partial charge in [-0.2, -0.15) is 5.10 Å². The number of likely N-dealkylation sites (N-methyl/N-ethyl adjacent to an activating group) is 1. The van der Waals surface area contributed by atoms with Gasteiger partial charge >= 0.3 is 0 Å². The van der Waals surface area contributed by atoms with E-state index in [1.54, 1.807) is 0 Å². The molecule has 0 amide bonds. The molecule has 0 aliphatic heterocycles. The van der Waals surface area contributed by atoms with Crippen LogP contribution >= 0.6 is 0 Å². The van der Waals surface area contributed by atoms with E-state index in [0.29, 0.717) is 12.5 Å². The summed E-state index contributed by atoms with van der Waals surface area (Å²) in [5, 5.41) is 13.5. The van der Waals surface area contributed by atoms with Gasteiger partial charge in [-0.05, 0) is 19.5 Å². The van der Waals surface area contributed by atoms with Crippen molar-refractivity contribution in [1.29, 1.82) is 0 Å². The van der Waals surface area contributed by atoms with E-state index in [1.807, 2.05) is 31.2 Å². The van der Waals surface area contributed by atoms with Crippen LogP contribution in [0.1, 0.15) is 12.6 Å². The highest BCUT2D eigenvalue weighted by Gasteiger charge is 2.06. The van der Waals surface area contributed by atoms with Crippen LogP contribution in [0.5, 0.6) is 5.88 Å². The van der Waals surface area contributed by atoms with Crippen LogP contribution in [0.4, 0.5) is 0 Å². The van der Waals surface area contributed by atoms with Gasteiger partial charge in [0.1, 0.15) is 6.61 Å². The summed E-state index contributed by atoms with van der Waals surface area (Å²) in [6.07, 6.45) is 0. The van der Waals surface area contributed by atoms with Gasteiger partial charge in [0.25, 0.3) is 0 Å². The number of aromatic nitrogens is 2. The zero-order valence-corrected chi connectivity index (χ0v) is 10.2. The number of hydrogen-bond acceptors (Lipinski definition) is 4. The highest BCUT2D eigenvalue weighted by Crippen LogP contribution is 2.23. The molecule has 1 heterocycles. The van der Waals surface area contributed by atoms with E-state index in [1.165, 1.54) is 0 Å². The molecule has 0 bridgehead atoms. The smallest absolute Gasteiger partial charge is 0.241 e. The molecular formula is C13H17N3O. The van der Waals surface area contributed by atoms with E-state index in [9.17, 15) is 0 Å². The van der Waals surface area contributed by atoms with Crippen LogP contribution in [0, 0.1) is 6.92 Å². The molecule has 0 fully saturated rings. The normalized spacial score (nSPS) is 10.7. The Morgan fingerprint density at radius 2 is 1.94 bits per heavy atom. The number of aryl methyl sites for hydroxylation is 1. The Morgan fingerprint density at radius 3 is 2.71 bits per heavy atom. The van der Waals surface area contributed by atoms with Crippen LogP contribution in [0.15, 0.2) is 24.3 Å². The molecule has 0 aliphatic carbocycles. The molecule has 0 aliphatic rings. The zero-order chi connectivity index (χ0) is 12.1. The summed E-state index contributed by atoms with van der Waals surface area (Å²) in [5.74, 6) is 0.615. The molecule has 2 rings (SSSR count). The molecule has 1 aromatic heterocycles. The van der Waals surface area contributed by atoms with Crippen molar-refractivity contribution in [1.82, 2.24) is 15.5 Å². The fraction of sp³-hybridized carbons (Fsp3) is 0.385. The van der Waals surface area contributed by atoms with Crippen molar-refractivity contribution in [3.05, 3.63) is 30.0 Å². The molecule has 1 aromatic carbocycles. The monoisotopic (exact) mass is 231 g/mol. The fourth-order valence-corrected chi connectivity index (χ4v) is 1.72. The molecule has 17 heavy (non-hydrogen) atoms. The van der Waals surface area contributed by atoms with Crippen molar-refractivity contribution in [3.8, 4) is 5.88 Å². The predicted octanol–water partition coefficient (Wildman–Crippen LogP) is 1.93. The summed E-state index contributed by atoms with van der Waals surface area (Å²) in [7, 11) is 0. The molecule has 0 saturated heterocycles. The average molecular weight is 231 g/mol. The molecule has 90 valence electrons. The first-order valence-electron chi connectivity index (χ1n) is 5.88. The number of hydrogen-bond donors (Lipinski definition) is 1. The maximum atomic E-state index is 5.64. The number of rotatable bonds is 5.